The summed E-state index contributed by atoms with van der Waals surface area (Å²) >= 11 is 0. The molecular weight excluding hydrogens is 362 g/mol. The molecule has 2 aromatic heterocycles. The summed E-state index contributed by atoms with van der Waals surface area (Å²) in [6.45, 7) is 6.46. The molecule has 6 nitrogen and oxygen atoms in total. The third-order valence-electron chi connectivity index (χ3n) is 5.53. The van der Waals surface area contributed by atoms with Crippen LogP contribution in [0, 0.1) is 5.92 Å². The fourth-order valence-corrected chi connectivity index (χ4v) is 3.33. The molecule has 0 saturated heterocycles. The van der Waals surface area contributed by atoms with Gasteiger partial charge >= 0.3 is 0 Å². The zero-order chi connectivity index (χ0) is 20.4. The normalized spacial score (nSPS) is 13.4. The van der Waals surface area contributed by atoms with Crippen molar-refractivity contribution >= 4 is 5.95 Å². The van der Waals surface area contributed by atoms with Crippen molar-refractivity contribution in [1.82, 2.24) is 20.2 Å². The number of hydrogen-bond donors (Lipinski definition) is 1. The SMILES string of the molecule is CC(C)C(C)(c1ccc(-c2cnc(N)nc2)cc1)c1nnc(-c2ccccc2)o1. The van der Waals surface area contributed by atoms with Crippen LogP contribution in [0.3, 0.4) is 0 Å². The second kappa shape index (κ2) is 7.47. The minimum absolute atomic E-state index is 0.247. The molecule has 0 spiro atoms. The number of rotatable bonds is 5. The Morgan fingerprint density at radius 1 is 0.828 bits per heavy atom. The highest BCUT2D eigenvalue weighted by atomic mass is 16.4. The van der Waals surface area contributed by atoms with Crippen molar-refractivity contribution in [2.75, 3.05) is 5.73 Å². The van der Waals surface area contributed by atoms with Crippen LogP contribution in [0.15, 0.2) is 71.4 Å². The van der Waals surface area contributed by atoms with Crippen LogP contribution >= 0.6 is 0 Å². The van der Waals surface area contributed by atoms with Crippen LogP contribution in [-0.2, 0) is 5.41 Å². The first-order valence-electron chi connectivity index (χ1n) is 9.56. The minimum Gasteiger partial charge on any atom is -0.420 e. The number of benzene rings is 2. The topological polar surface area (TPSA) is 90.7 Å². The zero-order valence-corrected chi connectivity index (χ0v) is 16.7. The van der Waals surface area contributed by atoms with Crippen LogP contribution in [0.1, 0.15) is 32.2 Å². The lowest BCUT2D eigenvalue weighted by atomic mass is 9.73. The summed E-state index contributed by atoms with van der Waals surface area (Å²) in [4.78, 5) is 8.13. The van der Waals surface area contributed by atoms with Gasteiger partial charge in [0.2, 0.25) is 17.7 Å². The third kappa shape index (κ3) is 3.49. The van der Waals surface area contributed by atoms with E-state index in [4.69, 9.17) is 10.2 Å². The lowest BCUT2D eigenvalue weighted by Crippen LogP contribution is -2.30. The van der Waals surface area contributed by atoms with Crippen molar-refractivity contribution in [2.45, 2.75) is 26.2 Å². The summed E-state index contributed by atoms with van der Waals surface area (Å²) < 4.78 is 6.12. The maximum Gasteiger partial charge on any atom is 0.247 e. The molecule has 29 heavy (non-hydrogen) atoms. The molecule has 0 saturated carbocycles. The van der Waals surface area contributed by atoms with Crippen LogP contribution < -0.4 is 5.73 Å². The standard InChI is InChI=1S/C23H23N5O/c1-15(2)23(3,21-28-27-20(29-21)17-7-5-4-6-8-17)19-11-9-16(10-12-19)18-13-25-22(24)26-14-18/h4-15H,1-3H3,(H2,24,25,26). The van der Waals surface area contributed by atoms with Gasteiger partial charge in [-0.1, -0.05) is 56.3 Å². The number of anilines is 1. The van der Waals surface area contributed by atoms with Crippen molar-refractivity contribution in [3.05, 3.63) is 78.4 Å². The first kappa shape index (κ1) is 18.8. The van der Waals surface area contributed by atoms with Gasteiger partial charge in [-0.05, 0) is 36.1 Å². The third-order valence-corrected chi connectivity index (χ3v) is 5.53. The molecule has 2 N–H and O–H groups in total. The van der Waals surface area contributed by atoms with E-state index in [0.717, 1.165) is 22.3 Å². The van der Waals surface area contributed by atoms with E-state index in [0.29, 0.717) is 11.8 Å². The Bertz CT molecular complexity index is 1090. The van der Waals surface area contributed by atoms with Gasteiger partial charge in [-0.15, -0.1) is 10.2 Å². The molecule has 0 bridgehead atoms. The number of nitrogen functional groups attached to an aromatic ring is 1. The van der Waals surface area contributed by atoms with E-state index < -0.39 is 5.41 Å². The van der Waals surface area contributed by atoms with Gasteiger partial charge in [0.05, 0.1) is 5.41 Å². The summed E-state index contributed by atoms with van der Waals surface area (Å²) in [6.07, 6.45) is 3.45. The molecule has 0 aliphatic carbocycles. The van der Waals surface area contributed by atoms with Gasteiger partial charge in [0.15, 0.2) is 0 Å². The Hall–Kier alpha value is -3.54. The summed E-state index contributed by atoms with van der Waals surface area (Å²) in [7, 11) is 0. The first-order valence-corrected chi connectivity index (χ1v) is 9.56. The molecule has 0 aliphatic heterocycles. The molecule has 2 heterocycles. The van der Waals surface area contributed by atoms with Crippen LogP contribution in [0.4, 0.5) is 5.95 Å². The van der Waals surface area contributed by atoms with Crippen LogP contribution in [-0.4, -0.2) is 20.2 Å². The molecule has 4 rings (SSSR count). The Kier molecular flexibility index (Phi) is 4.84. The quantitative estimate of drug-likeness (QED) is 0.534. The Morgan fingerprint density at radius 2 is 1.48 bits per heavy atom. The average Bonchev–Trinajstić information content (AvgIpc) is 3.25. The lowest BCUT2D eigenvalue weighted by Gasteiger charge is -2.30. The van der Waals surface area contributed by atoms with Gasteiger partial charge in [-0.25, -0.2) is 9.97 Å². The Labute approximate surface area is 169 Å². The van der Waals surface area contributed by atoms with E-state index in [9.17, 15) is 0 Å². The summed E-state index contributed by atoms with van der Waals surface area (Å²) in [5.74, 6) is 1.65. The summed E-state index contributed by atoms with van der Waals surface area (Å²) in [5.41, 5.74) is 9.12. The molecule has 4 aromatic rings. The maximum atomic E-state index is 6.12. The van der Waals surface area contributed by atoms with Crippen molar-refractivity contribution in [2.24, 2.45) is 5.92 Å². The van der Waals surface area contributed by atoms with Crippen LogP contribution in [0.2, 0.25) is 0 Å². The number of hydrogen-bond acceptors (Lipinski definition) is 6. The van der Waals surface area contributed by atoms with Gasteiger partial charge < -0.3 is 10.2 Å². The highest BCUT2D eigenvalue weighted by molar-refractivity contribution is 5.62. The highest BCUT2D eigenvalue weighted by Crippen LogP contribution is 2.39. The lowest BCUT2D eigenvalue weighted by molar-refractivity contribution is 0.316. The van der Waals surface area contributed by atoms with Crippen molar-refractivity contribution in [3.8, 4) is 22.6 Å². The molecule has 0 fully saturated rings. The molecule has 1 atom stereocenters. The van der Waals surface area contributed by atoms with Crippen molar-refractivity contribution in [3.63, 3.8) is 0 Å². The highest BCUT2D eigenvalue weighted by Gasteiger charge is 2.38. The van der Waals surface area contributed by atoms with Crippen LogP contribution in [0.5, 0.6) is 0 Å². The Morgan fingerprint density at radius 3 is 2.10 bits per heavy atom. The molecule has 6 heteroatoms. The van der Waals surface area contributed by atoms with Gasteiger partial charge in [-0.2, -0.15) is 0 Å². The van der Waals surface area contributed by atoms with E-state index in [-0.39, 0.29) is 11.9 Å². The summed E-state index contributed by atoms with van der Waals surface area (Å²) in [5, 5.41) is 8.69. The predicted octanol–water partition coefficient (Wildman–Crippen LogP) is 4.74. The monoisotopic (exact) mass is 385 g/mol. The van der Waals surface area contributed by atoms with E-state index >= 15 is 0 Å². The smallest absolute Gasteiger partial charge is 0.247 e. The van der Waals surface area contributed by atoms with E-state index in [2.05, 4.69) is 65.2 Å². The average molecular weight is 385 g/mol. The predicted molar refractivity (Wildman–Crippen MR) is 113 cm³/mol. The zero-order valence-electron chi connectivity index (χ0n) is 16.7. The van der Waals surface area contributed by atoms with Gasteiger partial charge in [0.1, 0.15) is 0 Å². The number of nitrogens with zero attached hydrogens (tertiary/aromatic N) is 4. The van der Waals surface area contributed by atoms with Gasteiger partial charge in [-0.3, -0.25) is 0 Å². The first-order chi connectivity index (χ1) is 14.0. The minimum atomic E-state index is -0.420. The molecule has 2 aromatic carbocycles. The molecule has 0 aliphatic rings. The maximum absolute atomic E-state index is 6.12. The van der Waals surface area contributed by atoms with Gasteiger partial charge in [0.25, 0.3) is 0 Å². The van der Waals surface area contributed by atoms with E-state index in [1.54, 1.807) is 12.4 Å². The molecule has 0 amide bonds. The van der Waals surface area contributed by atoms with Crippen LogP contribution in [0.25, 0.3) is 22.6 Å². The second-order valence-electron chi connectivity index (χ2n) is 7.54. The number of aromatic nitrogens is 4. The summed E-state index contributed by atoms with van der Waals surface area (Å²) in [6, 6.07) is 18.1. The number of nitrogens with two attached hydrogens (primary N) is 1. The fourth-order valence-electron chi connectivity index (χ4n) is 3.33. The Balaban J connectivity index is 1.70. The van der Waals surface area contributed by atoms with E-state index in [1.165, 1.54) is 0 Å². The molecule has 146 valence electrons. The van der Waals surface area contributed by atoms with Crippen molar-refractivity contribution in [1.29, 1.82) is 0 Å². The van der Waals surface area contributed by atoms with Crippen molar-refractivity contribution < 1.29 is 4.42 Å². The molecule has 1 unspecified atom stereocenters. The van der Waals surface area contributed by atoms with Gasteiger partial charge in [0, 0.05) is 23.5 Å². The van der Waals surface area contributed by atoms with E-state index in [1.807, 2.05) is 30.3 Å². The molecular formula is C23H23N5O. The second-order valence-corrected chi connectivity index (χ2v) is 7.54. The molecule has 0 radical (unpaired) electrons. The largest absolute Gasteiger partial charge is 0.420 e. The fraction of sp³-hybridized carbons (Fsp3) is 0.217.